The van der Waals surface area contributed by atoms with Gasteiger partial charge in [-0.2, -0.15) is 10.1 Å². The fraction of sp³-hybridized carbons (Fsp3) is 0.100. The lowest BCUT2D eigenvalue weighted by atomic mass is 9.77. The number of carbonyl (C=O) groups excluding carboxylic acids is 2. The summed E-state index contributed by atoms with van der Waals surface area (Å²) in [5.41, 5.74) is 3.69. The van der Waals surface area contributed by atoms with Crippen LogP contribution in [-0.4, -0.2) is 17.4 Å². The van der Waals surface area contributed by atoms with Crippen molar-refractivity contribution in [2.75, 3.05) is 5.01 Å². The lowest BCUT2D eigenvalue weighted by molar-refractivity contribution is -0.120. The van der Waals surface area contributed by atoms with E-state index in [4.69, 9.17) is 16.7 Å². The summed E-state index contributed by atoms with van der Waals surface area (Å²) < 4.78 is 0. The molecule has 0 saturated heterocycles. The van der Waals surface area contributed by atoms with Gasteiger partial charge in [0.15, 0.2) is 5.78 Å². The fourth-order valence-electron chi connectivity index (χ4n) is 4.51. The number of ketones is 1. The van der Waals surface area contributed by atoms with Crippen LogP contribution in [-0.2, 0) is 4.79 Å². The molecule has 0 aliphatic carbocycles. The van der Waals surface area contributed by atoms with E-state index in [0.29, 0.717) is 22.0 Å². The van der Waals surface area contributed by atoms with Crippen LogP contribution in [0.5, 0.6) is 0 Å². The normalized spacial score (nSPS) is 16.1. The summed E-state index contributed by atoms with van der Waals surface area (Å²) in [6.07, 6.45) is 0.163. The summed E-state index contributed by atoms with van der Waals surface area (Å²) >= 11 is 6.17. The van der Waals surface area contributed by atoms with E-state index in [1.807, 2.05) is 91.0 Å². The molecule has 0 N–H and O–H groups in total. The molecule has 1 heterocycles. The Morgan fingerprint density at radius 2 is 1.37 bits per heavy atom. The number of hydrazone groups is 1. The van der Waals surface area contributed by atoms with Gasteiger partial charge in [0.05, 0.1) is 17.3 Å². The highest BCUT2D eigenvalue weighted by molar-refractivity contribution is 6.30. The summed E-state index contributed by atoms with van der Waals surface area (Å²) in [5.74, 6) is -1.23. The van der Waals surface area contributed by atoms with E-state index >= 15 is 0 Å². The Morgan fingerprint density at radius 3 is 2.00 bits per heavy atom. The molecule has 5 heteroatoms. The number of nitrogens with zero attached hydrogens (tertiary/aromatic N) is 2. The Balaban J connectivity index is 1.61. The largest absolute Gasteiger partial charge is 0.294 e. The minimum absolute atomic E-state index is 0.0241. The molecule has 2 atom stereocenters. The van der Waals surface area contributed by atoms with Crippen LogP contribution >= 0.6 is 11.6 Å². The topological polar surface area (TPSA) is 49.7 Å². The molecule has 5 rings (SSSR count). The Morgan fingerprint density at radius 1 is 0.800 bits per heavy atom. The Kier molecular flexibility index (Phi) is 6.55. The van der Waals surface area contributed by atoms with E-state index in [1.165, 1.54) is 5.01 Å². The second-order valence-corrected chi connectivity index (χ2v) is 8.90. The van der Waals surface area contributed by atoms with Crippen LogP contribution in [0.1, 0.15) is 33.8 Å². The summed E-state index contributed by atoms with van der Waals surface area (Å²) in [4.78, 5) is 27.3. The third-order valence-electron chi connectivity index (χ3n) is 6.25. The van der Waals surface area contributed by atoms with Gasteiger partial charge >= 0.3 is 0 Å². The monoisotopic (exact) mass is 478 g/mol. The van der Waals surface area contributed by atoms with E-state index in [2.05, 4.69) is 0 Å². The minimum atomic E-state index is -0.633. The van der Waals surface area contributed by atoms with Gasteiger partial charge in [-0.25, -0.2) is 0 Å². The van der Waals surface area contributed by atoms with Crippen molar-refractivity contribution in [3.05, 3.63) is 137 Å². The van der Waals surface area contributed by atoms with Crippen LogP contribution in [0.3, 0.4) is 0 Å². The molecule has 35 heavy (non-hydrogen) atoms. The van der Waals surface area contributed by atoms with Gasteiger partial charge in [0.25, 0.3) is 5.91 Å². The molecule has 1 aliphatic heterocycles. The predicted octanol–water partition coefficient (Wildman–Crippen LogP) is 6.76. The summed E-state index contributed by atoms with van der Waals surface area (Å²) in [5, 5.41) is 6.86. The lowest BCUT2D eigenvalue weighted by Gasteiger charge is -2.24. The van der Waals surface area contributed by atoms with Gasteiger partial charge in [-0.3, -0.25) is 9.59 Å². The van der Waals surface area contributed by atoms with Crippen LogP contribution in [0.15, 0.2) is 120 Å². The quantitative estimate of drug-likeness (QED) is 0.275. The number of rotatable bonds is 7. The molecule has 0 spiro atoms. The zero-order valence-electron chi connectivity index (χ0n) is 18.9. The predicted molar refractivity (Wildman–Crippen MR) is 140 cm³/mol. The lowest BCUT2D eigenvalue weighted by Crippen LogP contribution is -2.33. The van der Waals surface area contributed by atoms with Crippen molar-refractivity contribution >= 4 is 34.7 Å². The van der Waals surface area contributed by atoms with E-state index < -0.39 is 11.8 Å². The molecular formula is C30H23ClN2O2. The van der Waals surface area contributed by atoms with Crippen molar-refractivity contribution < 1.29 is 9.59 Å². The maximum Gasteiger partial charge on any atom is 0.257 e. The number of hydrogen-bond donors (Lipinski definition) is 0. The van der Waals surface area contributed by atoms with Crippen LogP contribution < -0.4 is 5.01 Å². The molecule has 0 aromatic heterocycles. The highest BCUT2D eigenvalue weighted by Gasteiger charge is 2.43. The smallest absolute Gasteiger partial charge is 0.257 e. The molecule has 0 radical (unpaired) electrons. The molecule has 0 unspecified atom stereocenters. The molecule has 4 nitrogen and oxygen atoms in total. The second kappa shape index (κ2) is 10.1. The highest BCUT2D eigenvalue weighted by Crippen LogP contribution is 2.39. The fourth-order valence-corrected chi connectivity index (χ4v) is 4.64. The number of halogens is 1. The number of para-hydroxylation sites is 1. The number of carbonyl (C=O) groups is 2. The molecule has 0 bridgehead atoms. The number of Topliss-reactive ketones (excluding diaryl/α,β-unsaturated/α-hetero) is 1. The summed E-state index contributed by atoms with van der Waals surface area (Å²) in [6.45, 7) is 0. The van der Waals surface area contributed by atoms with Crippen molar-refractivity contribution in [1.82, 2.24) is 0 Å². The Hall–Kier alpha value is -4.02. The standard InChI is InChI=1S/C30H23ClN2O2/c31-24-18-16-21(17-19-24)26(20-27(34)22-10-4-1-5-11-22)28-29(23-12-6-2-7-13-23)32-33(30(28)35)25-14-8-3-9-15-25/h1-19,26,28H,20H2/t26-,28-/m0/s1. The Bertz CT molecular complexity index is 1350. The maximum absolute atomic E-state index is 14.0. The molecule has 4 aromatic carbocycles. The Labute approximate surface area is 209 Å². The number of hydrogen-bond acceptors (Lipinski definition) is 3. The van der Waals surface area contributed by atoms with Gasteiger partial charge in [-0.15, -0.1) is 0 Å². The van der Waals surface area contributed by atoms with E-state index in [9.17, 15) is 9.59 Å². The average molecular weight is 479 g/mol. The molecule has 172 valence electrons. The van der Waals surface area contributed by atoms with E-state index in [-0.39, 0.29) is 18.1 Å². The van der Waals surface area contributed by atoms with Crippen LogP contribution in [0.2, 0.25) is 5.02 Å². The zero-order valence-corrected chi connectivity index (χ0v) is 19.7. The number of anilines is 1. The van der Waals surface area contributed by atoms with Gasteiger partial charge in [0.1, 0.15) is 0 Å². The summed E-state index contributed by atoms with van der Waals surface area (Å²) in [6, 6.07) is 35.6. The molecule has 0 saturated carbocycles. The molecule has 1 aliphatic rings. The molecular weight excluding hydrogens is 456 g/mol. The van der Waals surface area contributed by atoms with Gasteiger partial charge in [0, 0.05) is 22.9 Å². The third kappa shape index (κ3) is 4.79. The average Bonchev–Trinajstić information content (AvgIpc) is 3.26. The molecule has 4 aromatic rings. The maximum atomic E-state index is 14.0. The first-order chi connectivity index (χ1) is 17.1. The van der Waals surface area contributed by atoms with Gasteiger partial charge in [-0.1, -0.05) is 103 Å². The van der Waals surface area contributed by atoms with Crippen molar-refractivity contribution in [2.45, 2.75) is 12.3 Å². The van der Waals surface area contributed by atoms with Crippen molar-refractivity contribution in [2.24, 2.45) is 11.0 Å². The zero-order chi connectivity index (χ0) is 24.2. The van der Waals surface area contributed by atoms with Crippen LogP contribution in [0, 0.1) is 5.92 Å². The third-order valence-corrected chi connectivity index (χ3v) is 6.50. The van der Waals surface area contributed by atoms with Gasteiger partial charge in [0.2, 0.25) is 0 Å². The molecule has 1 amide bonds. The SMILES string of the molecule is O=C(C[C@@H](c1ccc(Cl)cc1)[C@@H]1C(=O)N(c2ccccc2)N=C1c1ccccc1)c1ccccc1. The van der Waals surface area contributed by atoms with E-state index in [0.717, 1.165) is 11.1 Å². The van der Waals surface area contributed by atoms with E-state index in [1.54, 1.807) is 24.3 Å². The van der Waals surface area contributed by atoms with Crippen LogP contribution in [0.4, 0.5) is 5.69 Å². The van der Waals surface area contributed by atoms with Gasteiger partial charge < -0.3 is 0 Å². The summed E-state index contributed by atoms with van der Waals surface area (Å²) in [7, 11) is 0. The second-order valence-electron chi connectivity index (χ2n) is 8.47. The minimum Gasteiger partial charge on any atom is -0.294 e. The number of amides is 1. The first-order valence-electron chi connectivity index (χ1n) is 11.5. The first-order valence-corrected chi connectivity index (χ1v) is 11.9. The molecule has 0 fully saturated rings. The van der Waals surface area contributed by atoms with Crippen LogP contribution in [0.25, 0.3) is 0 Å². The highest BCUT2D eigenvalue weighted by atomic mass is 35.5. The van der Waals surface area contributed by atoms with Crippen molar-refractivity contribution in [1.29, 1.82) is 0 Å². The van der Waals surface area contributed by atoms with Crippen molar-refractivity contribution in [3.63, 3.8) is 0 Å². The van der Waals surface area contributed by atoms with Gasteiger partial charge in [-0.05, 0) is 35.4 Å². The number of benzene rings is 4. The first kappa shape index (κ1) is 22.8. The van der Waals surface area contributed by atoms with Crippen molar-refractivity contribution in [3.8, 4) is 0 Å².